The van der Waals surface area contributed by atoms with Crippen molar-refractivity contribution in [2.24, 2.45) is 7.05 Å². The topological polar surface area (TPSA) is 4.93 Å². The van der Waals surface area contributed by atoms with Gasteiger partial charge in [0.25, 0.3) is 0 Å². The predicted molar refractivity (Wildman–Crippen MR) is 75.8 cm³/mol. The van der Waals surface area contributed by atoms with E-state index in [1.807, 2.05) is 11.3 Å². The molecule has 2 heterocycles. The molecule has 82 valence electrons. The molecule has 17 heavy (non-hydrogen) atoms. The van der Waals surface area contributed by atoms with Gasteiger partial charge in [0.2, 0.25) is 0 Å². The van der Waals surface area contributed by atoms with Crippen LogP contribution in [0.15, 0.2) is 47.8 Å². The summed E-state index contributed by atoms with van der Waals surface area (Å²) in [6.07, 6.45) is 0. The second kappa shape index (κ2) is 3.11. The maximum Gasteiger partial charge on any atom is 0.0576 e. The molecule has 2 heteroatoms. The summed E-state index contributed by atoms with van der Waals surface area (Å²) in [5.41, 5.74) is 2.66. The van der Waals surface area contributed by atoms with E-state index in [0.29, 0.717) is 0 Å². The van der Waals surface area contributed by atoms with E-state index in [0.717, 1.165) is 0 Å². The molecule has 0 bridgehead atoms. The van der Waals surface area contributed by atoms with Gasteiger partial charge in [0, 0.05) is 33.4 Å². The molecule has 2 aromatic carbocycles. The van der Waals surface area contributed by atoms with Gasteiger partial charge in [0.1, 0.15) is 0 Å². The van der Waals surface area contributed by atoms with Crippen molar-refractivity contribution >= 4 is 43.2 Å². The first-order chi connectivity index (χ1) is 8.36. The normalized spacial score (nSPS) is 11.8. The van der Waals surface area contributed by atoms with Crippen molar-refractivity contribution in [2.45, 2.75) is 0 Å². The molecule has 0 spiro atoms. The third kappa shape index (κ3) is 1.08. The molecule has 0 radical (unpaired) electrons. The molecule has 0 saturated heterocycles. The Morgan fingerprint density at radius 2 is 1.76 bits per heavy atom. The Labute approximate surface area is 103 Å². The van der Waals surface area contributed by atoms with Crippen molar-refractivity contribution in [3.05, 3.63) is 47.8 Å². The van der Waals surface area contributed by atoms with E-state index in [1.54, 1.807) is 0 Å². The van der Waals surface area contributed by atoms with Gasteiger partial charge in [-0.25, -0.2) is 0 Å². The first-order valence-corrected chi connectivity index (χ1v) is 6.57. The molecule has 0 fully saturated rings. The lowest BCUT2D eigenvalue weighted by Gasteiger charge is -1.99. The molecule has 0 unspecified atom stereocenters. The van der Waals surface area contributed by atoms with Crippen LogP contribution in [0.25, 0.3) is 31.9 Å². The molecular weight excluding hydrogens is 226 g/mol. The van der Waals surface area contributed by atoms with Gasteiger partial charge in [0.15, 0.2) is 0 Å². The number of aryl methyl sites for hydroxylation is 1. The fourth-order valence-electron chi connectivity index (χ4n) is 2.72. The number of hydrogen-bond donors (Lipinski definition) is 0. The van der Waals surface area contributed by atoms with Crippen LogP contribution < -0.4 is 0 Å². The lowest BCUT2D eigenvalue weighted by atomic mass is 10.1. The van der Waals surface area contributed by atoms with Crippen LogP contribution >= 0.6 is 11.3 Å². The van der Waals surface area contributed by atoms with E-state index in [4.69, 9.17) is 0 Å². The lowest BCUT2D eigenvalue weighted by Crippen LogP contribution is -1.86. The van der Waals surface area contributed by atoms with Crippen LogP contribution in [0.3, 0.4) is 0 Å². The average molecular weight is 237 g/mol. The molecule has 1 nitrogen and oxygen atoms in total. The van der Waals surface area contributed by atoms with Gasteiger partial charge in [-0.15, -0.1) is 11.3 Å². The van der Waals surface area contributed by atoms with Crippen LogP contribution in [0, 0.1) is 0 Å². The Bertz CT molecular complexity index is 851. The second-order valence-corrected chi connectivity index (χ2v) is 5.32. The van der Waals surface area contributed by atoms with Crippen molar-refractivity contribution in [2.75, 3.05) is 0 Å². The van der Waals surface area contributed by atoms with Gasteiger partial charge in [-0.1, -0.05) is 24.3 Å². The SMILES string of the molecule is Cn1c2ccccc2c2ccc3sccc3c21. The van der Waals surface area contributed by atoms with E-state index < -0.39 is 0 Å². The summed E-state index contributed by atoms with van der Waals surface area (Å²) in [5, 5.41) is 6.24. The zero-order valence-corrected chi connectivity index (χ0v) is 10.3. The quantitative estimate of drug-likeness (QED) is 0.423. The van der Waals surface area contributed by atoms with Crippen molar-refractivity contribution in [1.29, 1.82) is 0 Å². The molecule has 0 aliphatic carbocycles. The summed E-state index contributed by atoms with van der Waals surface area (Å²) in [6, 6.07) is 15.3. The summed E-state index contributed by atoms with van der Waals surface area (Å²) in [6.45, 7) is 0. The van der Waals surface area contributed by atoms with Gasteiger partial charge < -0.3 is 4.57 Å². The second-order valence-electron chi connectivity index (χ2n) is 4.37. The van der Waals surface area contributed by atoms with E-state index >= 15 is 0 Å². The molecule has 0 saturated carbocycles. The van der Waals surface area contributed by atoms with Crippen LogP contribution in [0.4, 0.5) is 0 Å². The predicted octanol–water partition coefficient (Wildman–Crippen LogP) is 4.55. The van der Waals surface area contributed by atoms with Crippen molar-refractivity contribution < 1.29 is 0 Å². The molecule has 0 N–H and O–H groups in total. The fraction of sp³-hybridized carbons (Fsp3) is 0.0667. The van der Waals surface area contributed by atoms with Gasteiger partial charge in [-0.05, 0) is 23.6 Å². The Morgan fingerprint density at radius 1 is 0.882 bits per heavy atom. The highest BCUT2D eigenvalue weighted by atomic mass is 32.1. The van der Waals surface area contributed by atoms with Gasteiger partial charge >= 0.3 is 0 Å². The fourth-order valence-corrected chi connectivity index (χ4v) is 3.51. The van der Waals surface area contributed by atoms with Crippen LogP contribution in [0.2, 0.25) is 0 Å². The highest BCUT2D eigenvalue weighted by Gasteiger charge is 2.10. The molecule has 0 amide bonds. The van der Waals surface area contributed by atoms with Crippen LogP contribution in [0.1, 0.15) is 0 Å². The standard InChI is InChI=1S/C15H11NS/c1-16-13-5-3-2-4-10(13)11-6-7-14-12(15(11)16)8-9-17-14/h2-9H,1H3. The molecule has 4 aromatic rings. The molecule has 0 aliphatic rings. The van der Waals surface area contributed by atoms with E-state index in [1.165, 1.54) is 31.9 Å². The highest BCUT2D eigenvalue weighted by Crippen LogP contribution is 2.35. The van der Waals surface area contributed by atoms with Gasteiger partial charge in [0.05, 0.1) is 5.52 Å². The van der Waals surface area contributed by atoms with Gasteiger partial charge in [-0.2, -0.15) is 0 Å². The summed E-state index contributed by atoms with van der Waals surface area (Å²) >= 11 is 1.81. The third-order valence-corrected chi connectivity index (χ3v) is 4.38. The minimum absolute atomic E-state index is 1.31. The Balaban J connectivity index is 2.43. The molecular formula is C15H11NS. The van der Waals surface area contributed by atoms with Crippen LogP contribution in [-0.2, 0) is 7.05 Å². The first-order valence-electron chi connectivity index (χ1n) is 5.69. The Kier molecular flexibility index (Phi) is 1.69. The van der Waals surface area contributed by atoms with Crippen molar-refractivity contribution in [3.63, 3.8) is 0 Å². The monoisotopic (exact) mass is 237 g/mol. The van der Waals surface area contributed by atoms with Crippen LogP contribution in [-0.4, -0.2) is 4.57 Å². The Morgan fingerprint density at radius 3 is 2.71 bits per heavy atom. The minimum atomic E-state index is 1.31. The number of thiophene rings is 1. The third-order valence-electron chi connectivity index (χ3n) is 3.50. The zero-order chi connectivity index (χ0) is 11.4. The summed E-state index contributed by atoms with van der Waals surface area (Å²) in [5.74, 6) is 0. The first kappa shape index (κ1) is 9.25. The van der Waals surface area contributed by atoms with Crippen LogP contribution in [0.5, 0.6) is 0 Å². The van der Waals surface area contributed by atoms with Gasteiger partial charge in [-0.3, -0.25) is 0 Å². The Hall–Kier alpha value is -1.80. The smallest absolute Gasteiger partial charge is 0.0576 e. The zero-order valence-electron chi connectivity index (χ0n) is 9.47. The number of nitrogens with zero attached hydrogens (tertiary/aromatic N) is 1. The van der Waals surface area contributed by atoms with Crippen molar-refractivity contribution in [3.8, 4) is 0 Å². The molecule has 2 aromatic heterocycles. The summed E-state index contributed by atoms with van der Waals surface area (Å²) in [4.78, 5) is 0. The highest BCUT2D eigenvalue weighted by molar-refractivity contribution is 7.17. The number of para-hydroxylation sites is 1. The molecule has 4 rings (SSSR count). The van der Waals surface area contributed by atoms with E-state index in [-0.39, 0.29) is 0 Å². The number of aromatic nitrogens is 1. The molecule has 0 aliphatic heterocycles. The summed E-state index contributed by atoms with van der Waals surface area (Å²) < 4.78 is 3.67. The number of rotatable bonds is 0. The van der Waals surface area contributed by atoms with E-state index in [9.17, 15) is 0 Å². The van der Waals surface area contributed by atoms with Crippen molar-refractivity contribution in [1.82, 2.24) is 4.57 Å². The largest absolute Gasteiger partial charge is 0.343 e. The minimum Gasteiger partial charge on any atom is -0.343 e. The number of hydrogen-bond acceptors (Lipinski definition) is 1. The lowest BCUT2D eigenvalue weighted by molar-refractivity contribution is 1.02. The maximum atomic E-state index is 2.31. The summed E-state index contributed by atoms with van der Waals surface area (Å²) in [7, 11) is 2.15. The number of fused-ring (bicyclic) bond motifs is 5. The molecule has 0 atom stereocenters. The average Bonchev–Trinajstić information content (AvgIpc) is 2.93. The maximum absolute atomic E-state index is 2.31. The van der Waals surface area contributed by atoms with E-state index in [2.05, 4.69) is 59.5 Å². The number of benzene rings is 2.